The van der Waals surface area contributed by atoms with Crippen LogP contribution in [0, 0.1) is 0 Å². The van der Waals surface area contributed by atoms with Crippen molar-refractivity contribution in [1.29, 1.82) is 0 Å². The SMILES string of the molecule is CCCNCc1ccc(OCC(C)(O)CC)c(Br)c1. The molecule has 4 heteroatoms. The van der Waals surface area contributed by atoms with E-state index in [-0.39, 0.29) is 0 Å². The van der Waals surface area contributed by atoms with E-state index in [2.05, 4.69) is 34.2 Å². The molecule has 0 aliphatic heterocycles. The third-order valence-electron chi connectivity index (χ3n) is 3.05. The standard InChI is InChI=1S/C15H24BrNO2/c1-4-8-17-10-12-6-7-14(13(16)9-12)19-11-15(3,18)5-2/h6-7,9,17-18H,4-5,8,10-11H2,1-3H3. The molecule has 0 radical (unpaired) electrons. The van der Waals surface area contributed by atoms with Gasteiger partial charge in [0.25, 0.3) is 0 Å². The zero-order valence-corrected chi connectivity index (χ0v) is 13.6. The van der Waals surface area contributed by atoms with Gasteiger partial charge in [-0.3, -0.25) is 0 Å². The van der Waals surface area contributed by atoms with Crippen molar-refractivity contribution in [3.8, 4) is 5.75 Å². The van der Waals surface area contributed by atoms with E-state index in [4.69, 9.17) is 4.74 Å². The molecular formula is C15H24BrNO2. The van der Waals surface area contributed by atoms with Crippen LogP contribution in [0.1, 0.15) is 39.2 Å². The van der Waals surface area contributed by atoms with Gasteiger partial charge in [-0.05, 0) is 59.9 Å². The summed E-state index contributed by atoms with van der Waals surface area (Å²) >= 11 is 3.51. The molecule has 0 saturated carbocycles. The van der Waals surface area contributed by atoms with Crippen LogP contribution in [0.2, 0.25) is 0 Å². The summed E-state index contributed by atoms with van der Waals surface area (Å²) in [5, 5.41) is 13.3. The lowest BCUT2D eigenvalue weighted by Gasteiger charge is -2.22. The molecule has 0 aromatic heterocycles. The Bertz CT molecular complexity index is 394. The van der Waals surface area contributed by atoms with E-state index in [0.29, 0.717) is 13.0 Å². The fraction of sp³-hybridized carbons (Fsp3) is 0.600. The number of nitrogens with one attached hydrogen (secondary N) is 1. The predicted molar refractivity (Wildman–Crippen MR) is 82.5 cm³/mol. The number of rotatable bonds is 8. The Hall–Kier alpha value is -0.580. The summed E-state index contributed by atoms with van der Waals surface area (Å²) in [5.74, 6) is 0.771. The van der Waals surface area contributed by atoms with Crippen molar-refractivity contribution < 1.29 is 9.84 Å². The van der Waals surface area contributed by atoms with Crippen LogP contribution in [0.3, 0.4) is 0 Å². The highest BCUT2D eigenvalue weighted by Crippen LogP contribution is 2.27. The van der Waals surface area contributed by atoms with Crippen LogP contribution in [0.5, 0.6) is 5.75 Å². The van der Waals surface area contributed by atoms with Gasteiger partial charge in [0.05, 0.1) is 10.1 Å². The molecule has 0 heterocycles. The van der Waals surface area contributed by atoms with Crippen LogP contribution in [-0.2, 0) is 6.54 Å². The summed E-state index contributed by atoms with van der Waals surface area (Å²) < 4.78 is 6.58. The number of benzene rings is 1. The summed E-state index contributed by atoms with van der Waals surface area (Å²) in [6.45, 7) is 8.06. The maximum atomic E-state index is 9.92. The van der Waals surface area contributed by atoms with Crippen molar-refractivity contribution in [2.45, 2.75) is 45.8 Å². The van der Waals surface area contributed by atoms with Gasteiger partial charge in [0.1, 0.15) is 12.4 Å². The molecule has 0 spiro atoms. The molecule has 1 aromatic carbocycles. The molecule has 2 N–H and O–H groups in total. The van der Waals surface area contributed by atoms with Crippen molar-refractivity contribution in [1.82, 2.24) is 5.32 Å². The molecule has 0 saturated heterocycles. The third kappa shape index (κ3) is 5.93. The molecule has 3 nitrogen and oxygen atoms in total. The van der Waals surface area contributed by atoms with Crippen molar-refractivity contribution in [3.05, 3.63) is 28.2 Å². The Kier molecular flexibility index (Phi) is 6.83. The van der Waals surface area contributed by atoms with Crippen molar-refractivity contribution in [2.75, 3.05) is 13.2 Å². The molecule has 0 aliphatic rings. The number of ether oxygens (including phenoxy) is 1. The smallest absolute Gasteiger partial charge is 0.133 e. The predicted octanol–water partition coefficient (Wildman–Crippen LogP) is 3.49. The van der Waals surface area contributed by atoms with Gasteiger partial charge in [0, 0.05) is 6.54 Å². The normalized spacial score (nSPS) is 14.2. The molecule has 0 aliphatic carbocycles. The Morgan fingerprint density at radius 2 is 2.11 bits per heavy atom. The molecule has 1 unspecified atom stereocenters. The Morgan fingerprint density at radius 1 is 1.37 bits per heavy atom. The van der Waals surface area contributed by atoms with Gasteiger partial charge in [0.2, 0.25) is 0 Å². The zero-order valence-electron chi connectivity index (χ0n) is 12.0. The molecule has 19 heavy (non-hydrogen) atoms. The minimum Gasteiger partial charge on any atom is -0.489 e. The summed E-state index contributed by atoms with van der Waals surface area (Å²) in [5.41, 5.74) is 0.441. The first-order valence-electron chi connectivity index (χ1n) is 6.83. The largest absolute Gasteiger partial charge is 0.489 e. The van der Waals surface area contributed by atoms with E-state index in [1.807, 2.05) is 19.1 Å². The lowest BCUT2D eigenvalue weighted by molar-refractivity contribution is 0.00823. The first-order chi connectivity index (χ1) is 8.98. The van der Waals surface area contributed by atoms with Crippen molar-refractivity contribution in [3.63, 3.8) is 0 Å². The third-order valence-corrected chi connectivity index (χ3v) is 3.67. The molecule has 1 aromatic rings. The van der Waals surface area contributed by atoms with Crippen LogP contribution in [0.15, 0.2) is 22.7 Å². The highest BCUT2D eigenvalue weighted by molar-refractivity contribution is 9.10. The first kappa shape index (κ1) is 16.5. The topological polar surface area (TPSA) is 41.5 Å². The Labute approximate surface area is 124 Å². The average Bonchev–Trinajstić information content (AvgIpc) is 2.38. The van der Waals surface area contributed by atoms with Crippen molar-refractivity contribution in [2.24, 2.45) is 0 Å². The Morgan fingerprint density at radius 3 is 2.68 bits per heavy atom. The molecular weight excluding hydrogens is 306 g/mol. The van der Waals surface area contributed by atoms with Gasteiger partial charge in [-0.25, -0.2) is 0 Å². The Balaban J connectivity index is 2.57. The first-order valence-corrected chi connectivity index (χ1v) is 7.62. The van der Waals surface area contributed by atoms with E-state index in [9.17, 15) is 5.11 Å². The molecule has 108 valence electrons. The number of hydrogen-bond donors (Lipinski definition) is 2. The van der Waals surface area contributed by atoms with Gasteiger partial charge in [-0.1, -0.05) is 19.9 Å². The quantitative estimate of drug-likeness (QED) is 0.717. The maximum absolute atomic E-state index is 9.92. The van der Waals surface area contributed by atoms with Gasteiger partial charge >= 0.3 is 0 Å². The monoisotopic (exact) mass is 329 g/mol. The fourth-order valence-electron chi connectivity index (χ4n) is 1.52. The second-order valence-electron chi connectivity index (χ2n) is 5.08. The lowest BCUT2D eigenvalue weighted by atomic mass is 10.1. The van der Waals surface area contributed by atoms with Crippen LogP contribution >= 0.6 is 15.9 Å². The minimum absolute atomic E-state index is 0.301. The lowest BCUT2D eigenvalue weighted by Crippen LogP contribution is -2.31. The number of halogens is 1. The van der Waals surface area contributed by atoms with Crippen LogP contribution < -0.4 is 10.1 Å². The molecule has 1 rings (SSSR count). The van der Waals surface area contributed by atoms with Gasteiger partial charge in [-0.2, -0.15) is 0 Å². The molecule has 1 atom stereocenters. The number of hydrogen-bond acceptors (Lipinski definition) is 3. The van der Waals surface area contributed by atoms with Crippen LogP contribution in [-0.4, -0.2) is 23.9 Å². The fourth-order valence-corrected chi connectivity index (χ4v) is 2.06. The minimum atomic E-state index is -0.777. The molecule has 0 amide bonds. The highest BCUT2D eigenvalue weighted by atomic mass is 79.9. The second kappa shape index (κ2) is 7.88. The van der Waals surface area contributed by atoms with Gasteiger partial charge in [-0.15, -0.1) is 0 Å². The van der Waals surface area contributed by atoms with Crippen LogP contribution in [0.25, 0.3) is 0 Å². The summed E-state index contributed by atoms with van der Waals surface area (Å²) in [6, 6.07) is 6.04. The zero-order chi connectivity index (χ0) is 14.3. The van der Waals surface area contributed by atoms with Crippen molar-refractivity contribution >= 4 is 15.9 Å². The summed E-state index contributed by atoms with van der Waals surface area (Å²) in [4.78, 5) is 0. The highest BCUT2D eigenvalue weighted by Gasteiger charge is 2.18. The summed E-state index contributed by atoms with van der Waals surface area (Å²) in [7, 11) is 0. The van der Waals surface area contributed by atoms with E-state index in [0.717, 1.165) is 29.7 Å². The molecule has 0 bridgehead atoms. The van der Waals surface area contributed by atoms with Gasteiger partial charge in [0.15, 0.2) is 0 Å². The van der Waals surface area contributed by atoms with E-state index in [1.54, 1.807) is 6.92 Å². The second-order valence-corrected chi connectivity index (χ2v) is 5.94. The molecule has 0 fully saturated rings. The van der Waals surface area contributed by atoms with Crippen LogP contribution in [0.4, 0.5) is 0 Å². The van der Waals surface area contributed by atoms with Gasteiger partial charge < -0.3 is 15.2 Å². The average molecular weight is 330 g/mol. The van der Waals surface area contributed by atoms with E-state index in [1.165, 1.54) is 5.56 Å². The maximum Gasteiger partial charge on any atom is 0.133 e. The number of aliphatic hydroxyl groups is 1. The van der Waals surface area contributed by atoms with E-state index >= 15 is 0 Å². The summed E-state index contributed by atoms with van der Waals surface area (Å²) in [6.07, 6.45) is 1.80. The van der Waals surface area contributed by atoms with E-state index < -0.39 is 5.60 Å².